The molecule has 0 aliphatic carbocycles. The fraction of sp³-hybridized carbons (Fsp3) is 0.667. The average molecular weight is 402 g/mol. The van der Waals surface area contributed by atoms with E-state index in [1.165, 1.54) is 11.3 Å². The quantitative estimate of drug-likeness (QED) is 0.807. The molecule has 3 N–H and O–H groups in total. The van der Waals surface area contributed by atoms with Gasteiger partial charge in [0.05, 0.1) is 10.9 Å². The number of halogens is 1. The Kier molecular flexibility index (Phi) is 7.88. The molecule has 0 radical (unpaired) electrons. The first-order chi connectivity index (χ1) is 12.0. The fourth-order valence-electron chi connectivity index (χ4n) is 3.54. The van der Waals surface area contributed by atoms with Gasteiger partial charge in [-0.25, -0.2) is 0 Å². The molecule has 0 spiro atoms. The minimum atomic E-state index is -0.427. The van der Waals surface area contributed by atoms with Crippen LogP contribution in [0.3, 0.4) is 0 Å². The number of rotatable bonds is 4. The van der Waals surface area contributed by atoms with Crippen molar-refractivity contribution in [2.45, 2.75) is 44.7 Å². The third kappa shape index (κ3) is 5.19. The molecule has 1 aromatic rings. The average Bonchev–Trinajstić information content (AvgIpc) is 3.08. The van der Waals surface area contributed by atoms with Crippen molar-refractivity contribution >= 4 is 35.6 Å². The van der Waals surface area contributed by atoms with Crippen LogP contribution in [0.5, 0.6) is 0 Å². The predicted octanol–water partition coefficient (Wildman–Crippen LogP) is 1.95. The van der Waals surface area contributed by atoms with Crippen LogP contribution in [0.15, 0.2) is 12.1 Å². The van der Waals surface area contributed by atoms with Crippen LogP contribution in [0.1, 0.15) is 40.2 Å². The number of likely N-dealkylation sites (tertiary alicyclic amines) is 1. The molecule has 8 heteroatoms. The number of hydrogen-bond donors (Lipinski definition) is 2. The highest BCUT2D eigenvalue weighted by Gasteiger charge is 2.32. The molecule has 6 nitrogen and oxygen atoms in total. The lowest BCUT2D eigenvalue weighted by Gasteiger charge is -2.36. The number of amides is 2. The summed E-state index contributed by atoms with van der Waals surface area (Å²) in [5, 5.41) is 3.09. The monoisotopic (exact) mass is 401 g/mol. The second-order valence-corrected chi connectivity index (χ2v) is 8.25. The molecule has 0 saturated carbocycles. The summed E-state index contributed by atoms with van der Waals surface area (Å²) in [5.74, 6) is 0.257. The zero-order valence-corrected chi connectivity index (χ0v) is 16.7. The minimum absolute atomic E-state index is 0. The zero-order valence-electron chi connectivity index (χ0n) is 15.1. The summed E-state index contributed by atoms with van der Waals surface area (Å²) in [6.07, 6.45) is 3.28. The minimum Gasteiger partial charge on any atom is -0.381 e. The number of ether oxygens (including phenoxy) is 1. The first-order valence-electron chi connectivity index (χ1n) is 9.04. The fourth-order valence-corrected chi connectivity index (χ4v) is 4.32. The lowest BCUT2D eigenvalue weighted by atomic mass is 9.91. The van der Waals surface area contributed by atoms with Gasteiger partial charge in [0.1, 0.15) is 0 Å². The van der Waals surface area contributed by atoms with E-state index in [1.807, 2.05) is 24.0 Å². The Labute approximate surface area is 164 Å². The molecular weight excluding hydrogens is 374 g/mol. The van der Waals surface area contributed by atoms with E-state index >= 15 is 0 Å². The van der Waals surface area contributed by atoms with Crippen LogP contribution in [0.4, 0.5) is 0 Å². The van der Waals surface area contributed by atoms with E-state index in [0.29, 0.717) is 26.3 Å². The van der Waals surface area contributed by atoms with Crippen molar-refractivity contribution < 1.29 is 14.3 Å². The number of piperidine rings is 1. The molecular formula is C18H28ClN3O3S. The molecule has 3 heterocycles. The van der Waals surface area contributed by atoms with Gasteiger partial charge in [-0.05, 0) is 50.7 Å². The van der Waals surface area contributed by atoms with Crippen LogP contribution in [0.2, 0.25) is 0 Å². The number of nitrogens with one attached hydrogen (secondary N) is 1. The van der Waals surface area contributed by atoms with Crippen molar-refractivity contribution in [2.24, 2.45) is 11.7 Å². The van der Waals surface area contributed by atoms with Gasteiger partial charge in [0.25, 0.3) is 5.91 Å². The van der Waals surface area contributed by atoms with Gasteiger partial charge < -0.3 is 20.7 Å². The van der Waals surface area contributed by atoms with Crippen molar-refractivity contribution in [1.82, 2.24) is 10.2 Å². The van der Waals surface area contributed by atoms with Crippen molar-refractivity contribution in [1.29, 1.82) is 0 Å². The molecule has 146 valence electrons. The summed E-state index contributed by atoms with van der Waals surface area (Å²) in [4.78, 5) is 28.6. The molecule has 3 rings (SSSR count). The van der Waals surface area contributed by atoms with E-state index in [1.54, 1.807) is 0 Å². The predicted molar refractivity (Wildman–Crippen MR) is 105 cm³/mol. The largest absolute Gasteiger partial charge is 0.381 e. The maximum Gasteiger partial charge on any atom is 0.261 e. The Morgan fingerprint density at radius 3 is 2.46 bits per heavy atom. The third-order valence-corrected chi connectivity index (χ3v) is 6.16. The lowest BCUT2D eigenvalue weighted by molar-refractivity contribution is -0.135. The third-order valence-electron chi connectivity index (χ3n) is 5.16. The SMILES string of the molecule is Cc1ccc(C(=O)NC2CCN(C(=O)C(N)C3CCOCC3)CC2)s1.Cl. The van der Waals surface area contributed by atoms with Gasteiger partial charge in [-0.15, -0.1) is 23.7 Å². The first-order valence-corrected chi connectivity index (χ1v) is 9.85. The molecule has 2 aliphatic heterocycles. The summed E-state index contributed by atoms with van der Waals surface area (Å²) in [7, 11) is 0. The second kappa shape index (κ2) is 9.69. The number of aryl methyl sites for hydroxylation is 1. The van der Waals surface area contributed by atoms with E-state index in [4.69, 9.17) is 10.5 Å². The molecule has 0 aromatic carbocycles. The standard InChI is InChI=1S/C18H27N3O3S.ClH/c1-12-2-3-15(25-12)17(22)20-14-4-8-21(9-5-14)18(23)16(19)13-6-10-24-11-7-13;/h2-3,13-14,16H,4-11,19H2,1H3,(H,20,22);1H. The summed E-state index contributed by atoms with van der Waals surface area (Å²) in [6.45, 7) is 4.70. The Balaban J connectivity index is 0.00000243. The smallest absolute Gasteiger partial charge is 0.261 e. The number of carbonyl (C=O) groups excluding carboxylic acids is 2. The maximum atomic E-state index is 12.6. The van der Waals surface area contributed by atoms with E-state index in [0.717, 1.165) is 35.4 Å². The Hall–Kier alpha value is -1.15. The Morgan fingerprint density at radius 2 is 1.88 bits per heavy atom. The van der Waals surface area contributed by atoms with Crippen molar-refractivity contribution in [3.05, 3.63) is 21.9 Å². The summed E-state index contributed by atoms with van der Waals surface area (Å²) in [5.41, 5.74) is 6.20. The highest BCUT2D eigenvalue weighted by Crippen LogP contribution is 2.21. The van der Waals surface area contributed by atoms with Gasteiger partial charge in [0.15, 0.2) is 0 Å². The zero-order chi connectivity index (χ0) is 17.8. The molecule has 2 fully saturated rings. The van der Waals surface area contributed by atoms with Gasteiger partial charge in [-0.1, -0.05) is 0 Å². The lowest BCUT2D eigenvalue weighted by Crippen LogP contribution is -2.53. The van der Waals surface area contributed by atoms with E-state index < -0.39 is 6.04 Å². The van der Waals surface area contributed by atoms with Crippen molar-refractivity contribution in [3.63, 3.8) is 0 Å². The topological polar surface area (TPSA) is 84.7 Å². The van der Waals surface area contributed by atoms with E-state index in [9.17, 15) is 9.59 Å². The molecule has 0 bridgehead atoms. The van der Waals surface area contributed by atoms with Crippen LogP contribution in [0, 0.1) is 12.8 Å². The van der Waals surface area contributed by atoms with Crippen molar-refractivity contribution in [3.8, 4) is 0 Å². The van der Waals surface area contributed by atoms with E-state index in [2.05, 4.69) is 5.32 Å². The second-order valence-electron chi connectivity index (χ2n) is 6.96. The molecule has 2 amide bonds. The summed E-state index contributed by atoms with van der Waals surface area (Å²) in [6, 6.07) is 3.52. The number of carbonyl (C=O) groups is 2. The van der Waals surface area contributed by atoms with Gasteiger partial charge in [0.2, 0.25) is 5.91 Å². The highest BCUT2D eigenvalue weighted by molar-refractivity contribution is 7.13. The molecule has 2 aliphatic rings. The number of hydrogen-bond acceptors (Lipinski definition) is 5. The first kappa shape index (κ1) is 21.2. The molecule has 1 unspecified atom stereocenters. The normalized spacial score (nSPS) is 20.3. The van der Waals surface area contributed by atoms with Crippen LogP contribution in [-0.2, 0) is 9.53 Å². The molecule has 26 heavy (non-hydrogen) atoms. The van der Waals surface area contributed by atoms with Gasteiger partial charge in [-0.3, -0.25) is 9.59 Å². The summed E-state index contributed by atoms with van der Waals surface area (Å²) >= 11 is 1.51. The number of thiophene rings is 1. The Morgan fingerprint density at radius 1 is 1.23 bits per heavy atom. The molecule has 1 atom stereocenters. The van der Waals surface area contributed by atoms with Crippen LogP contribution < -0.4 is 11.1 Å². The van der Waals surface area contributed by atoms with Gasteiger partial charge in [-0.2, -0.15) is 0 Å². The summed E-state index contributed by atoms with van der Waals surface area (Å²) < 4.78 is 5.34. The highest BCUT2D eigenvalue weighted by atomic mass is 35.5. The van der Waals surface area contributed by atoms with Crippen LogP contribution >= 0.6 is 23.7 Å². The number of nitrogens with zero attached hydrogens (tertiary/aromatic N) is 1. The maximum absolute atomic E-state index is 12.6. The van der Waals surface area contributed by atoms with Crippen LogP contribution in [0.25, 0.3) is 0 Å². The van der Waals surface area contributed by atoms with Gasteiger partial charge >= 0.3 is 0 Å². The number of nitrogens with two attached hydrogens (primary N) is 1. The van der Waals surface area contributed by atoms with Gasteiger partial charge in [0, 0.05) is 37.2 Å². The molecule has 2 saturated heterocycles. The van der Waals surface area contributed by atoms with Crippen molar-refractivity contribution in [2.75, 3.05) is 26.3 Å². The van der Waals surface area contributed by atoms with E-state index in [-0.39, 0.29) is 36.2 Å². The Bertz CT molecular complexity index is 611. The van der Waals surface area contributed by atoms with Crippen LogP contribution in [-0.4, -0.2) is 55.1 Å². The molecule has 1 aromatic heterocycles.